The van der Waals surface area contributed by atoms with Gasteiger partial charge in [0.25, 0.3) is 0 Å². The highest BCUT2D eigenvalue weighted by Crippen LogP contribution is 2.19. The highest BCUT2D eigenvalue weighted by molar-refractivity contribution is 6.08. The van der Waals surface area contributed by atoms with E-state index in [1.807, 2.05) is 37.3 Å². The highest BCUT2D eigenvalue weighted by Gasteiger charge is 2.07. The van der Waals surface area contributed by atoms with Crippen molar-refractivity contribution >= 4 is 11.9 Å². The molecule has 2 heteroatoms. The zero-order valence-corrected chi connectivity index (χ0v) is 10.1. The van der Waals surface area contributed by atoms with Crippen molar-refractivity contribution in [1.82, 2.24) is 0 Å². The predicted molar refractivity (Wildman–Crippen MR) is 72.7 cm³/mol. The normalized spacial score (nSPS) is 10.7. The average Bonchev–Trinajstić information content (AvgIpc) is 2.40. The van der Waals surface area contributed by atoms with Gasteiger partial charge < -0.3 is 5.11 Å². The van der Waals surface area contributed by atoms with Gasteiger partial charge in [-0.15, -0.1) is 0 Å². The van der Waals surface area contributed by atoms with Crippen molar-refractivity contribution in [1.29, 1.82) is 0 Å². The lowest BCUT2D eigenvalue weighted by atomic mass is 10.1. The first-order valence-corrected chi connectivity index (χ1v) is 5.74. The van der Waals surface area contributed by atoms with Crippen LogP contribution in [0.25, 0.3) is 6.08 Å². The number of aryl methyl sites for hydroxylation is 1. The van der Waals surface area contributed by atoms with Crippen LogP contribution in [-0.4, -0.2) is 10.9 Å². The Morgan fingerprint density at radius 2 is 1.83 bits per heavy atom. The SMILES string of the molecule is Cc1ccc(O)c(C(=O)/C=C\c2ccccc2)c1. The van der Waals surface area contributed by atoms with E-state index in [1.54, 1.807) is 24.3 Å². The molecule has 90 valence electrons. The lowest BCUT2D eigenvalue weighted by Crippen LogP contribution is -1.95. The minimum Gasteiger partial charge on any atom is -0.507 e. The molecule has 0 bridgehead atoms. The van der Waals surface area contributed by atoms with Crippen molar-refractivity contribution in [3.8, 4) is 5.75 Å². The van der Waals surface area contributed by atoms with Gasteiger partial charge in [-0.3, -0.25) is 4.79 Å². The van der Waals surface area contributed by atoms with Gasteiger partial charge in [-0.1, -0.05) is 48.0 Å². The Hall–Kier alpha value is -2.35. The molecule has 2 rings (SSSR count). The van der Waals surface area contributed by atoms with Crippen LogP contribution in [0.1, 0.15) is 21.5 Å². The largest absolute Gasteiger partial charge is 0.507 e. The predicted octanol–water partition coefficient (Wildman–Crippen LogP) is 3.60. The first kappa shape index (κ1) is 12.1. The maximum Gasteiger partial charge on any atom is 0.189 e. The van der Waals surface area contributed by atoms with Crippen LogP contribution < -0.4 is 0 Å². The Bertz CT molecular complexity index is 583. The second-order valence-electron chi connectivity index (χ2n) is 4.13. The van der Waals surface area contributed by atoms with Crippen LogP contribution in [-0.2, 0) is 0 Å². The van der Waals surface area contributed by atoms with Crippen LogP contribution in [0.4, 0.5) is 0 Å². The fraction of sp³-hybridized carbons (Fsp3) is 0.0625. The molecule has 0 radical (unpaired) electrons. The summed E-state index contributed by atoms with van der Waals surface area (Å²) in [5, 5.41) is 9.65. The van der Waals surface area contributed by atoms with Gasteiger partial charge in [0.05, 0.1) is 5.56 Å². The van der Waals surface area contributed by atoms with E-state index in [1.165, 1.54) is 6.08 Å². The van der Waals surface area contributed by atoms with Crippen LogP contribution in [0.2, 0.25) is 0 Å². The maximum atomic E-state index is 11.9. The monoisotopic (exact) mass is 238 g/mol. The Morgan fingerprint density at radius 3 is 2.56 bits per heavy atom. The van der Waals surface area contributed by atoms with E-state index < -0.39 is 0 Å². The quantitative estimate of drug-likeness (QED) is 0.655. The molecule has 2 aromatic rings. The minimum absolute atomic E-state index is 0.0170. The zero-order valence-electron chi connectivity index (χ0n) is 10.1. The van der Waals surface area contributed by atoms with Gasteiger partial charge in [-0.05, 0) is 30.7 Å². The van der Waals surface area contributed by atoms with Gasteiger partial charge in [0, 0.05) is 0 Å². The zero-order chi connectivity index (χ0) is 13.0. The second-order valence-corrected chi connectivity index (χ2v) is 4.13. The van der Waals surface area contributed by atoms with Crippen LogP contribution in [0.5, 0.6) is 5.75 Å². The lowest BCUT2D eigenvalue weighted by Gasteiger charge is -2.01. The van der Waals surface area contributed by atoms with Crippen LogP contribution in [0.3, 0.4) is 0 Å². The number of phenols is 1. The van der Waals surface area contributed by atoms with E-state index >= 15 is 0 Å². The summed E-state index contributed by atoms with van der Waals surface area (Å²) in [5.41, 5.74) is 2.24. The Balaban J connectivity index is 2.22. The summed E-state index contributed by atoms with van der Waals surface area (Å²) in [6.45, 7) is 1.89. The summed E-state index contributed by atoms with van der Waals surface area (Å²) >= 11 is 0. The van der Waals surface area contributed by atoms with E-state index in [0.717, 1.165) is 11.1 Å². The van der Waals surface area contributed by atoms with Crippen LogP contribution in [0, 0.1) is 6.92 Å². The van der Waals surface area contributed by atoms with Gasteiger partial charge in [-0.2, -0.15) is 0 Å². The molecule has 0 amide bonds. The number of allylic oxidation sites excluding steroid dienone is 1. The molecule has 0 saturated heterocycles. The fourth-order valence-electron chi connectivity index (χ4n) is 1.67. The van der Waals surface area contributed by atoms with E-state index in [2.05, 4.69) is 0 Å². The molecule has 0 fully saturated rings. The summed E-state index contributed by atoms with van der Waals surface area (Å²) in [6.07, 6.45) is 3.22. The first-order valence-electron chi connectivity index (χ1n) is 5.74. The molecule has 1 N–H and O–H groups in total. The molecule has 2 aromatic carbocycles. The molecule has 2 nitrogen and oxygen atoms in total. The number of aromatic hydroxyl groups is 1. The molecular formula is C16H14O2. The molecule has 0 spiro atoms. The number of hydrogen-bond acceptors (Lipinski definition) is 2. The summed E-state index contributed by atoms with van der Waals surface area (Å²) < 4.78 is 0. The molecule has 0 aliphatic rings. The maximum absolute atomic E-state index is 11.9. The number of phenolic OH excluding ortho intramolecular Hbond substituents is 1. The Morgan fingerprint density at radius 1 is 1.11 bits per heavy atom. The molecule has 0 aliphatic heterocycles. The topological polar surface area (TPSA) is 37.3 Å². The van der Waals surface area contributed by atoms with Crippen molar-refractivity contribution in [3.63, 3.8) is 0 Å². The highest BCUT2D eigenvalue weighted by atomic mass is 16.3. The van der Waals surface area contributed by atoms with Crippen molar-refractivity contribution in [3.05, 3.63) is 71.3 Å². The summed E-state index contributed by atoms with van der Waals surface area (Å²) in [5.74, 6) is -0.177. The summed E-state index contributed by atoms with van der Waals surface area (Å²) in [6, 6.07) is 14.6. The summed E-state index contributed by atoms with van der Waals surface area (Å²) in [4.78, 5) is 11.9. The standard InChI is InChI=1S/C16H14O2/c1-12-7-9-15(17)14(11-12)16(18)10-8-13-5-3-2-4-6-13/h2-11,17H,1H3/b10-8-. The molecule has 0 aliphatic carbocycles. The Kier molecular flexibility index (Phi) is 3.58. The van der Waals surface area contributed by atoms with E-state index in [4.69, 9.17) is 0 Å². The van der Waals surface area contributed by atoms with Crippen molar-refractivity contribution in [2.24, 2.45) is 0 Å². The van der Waals surface area contributed by atoms with E-state index in [-0.39, 0.29) is 11.5 Å². The molecule has 0 saturated carbocycles. The third kappa shape index (κ3) is 2.86. The van der Waals surface area contributed by atoms with Gasteiger partial charge >= 0.3 is 0 Å². The fourth-order valence-corrected chi connectivity index (χ4v) is 1.67. The number of benzene rings is 2. The van der Waals surface area contributed by atoms with Crippen LogP contribution >= 0.6 is 0 Å². The summed E-state index contributed by atoms with van der Waals surface area (Å²) in [7, 11) is 0. The van der Waals surface area contributed by atoms with Crippen molar-refractivity contribution < 1.29 is 9.90 Å². The number of carbonyl (C=O) groups is 1. The number of hydrogen-bond donors (Lipinski definition) is 1. The Labute approximate surface area is 106 Å². The van der Waals surface area contributed by atoms with Gasteiger partial charge in [0.15, 0.2) is 5.78 Å². The number of carbonyl (C=O) groups excluding carboxylic acids is 1. The average molecular weight is 238 g/mol. The van der Waals surface area contributed by atoms with Crippen molar-refractivity contribution in [2.75, 3.05) is 0 Å². The third-order valence-electron chi connectivity index (χ3n) is 2.64. The third-order valence-corrected chi connectivity index (χ3v) is 2.64. The molecule has 0 heterocycles. The second kappa shape index (κ2) is 5.32. The van der Waals surface area contributed by atoms with Gasteiger partial charge in [-0.25, -0.2) is 0 Å². The lowest BCUT2D eigenvalue weighted by molar-refractivity contribution is 0.104. The molecule has 0 unspecified atom stereocenters. The van der Waals surface area contributed by atoms with Crippen molar-refractivity contribution in [2.45, 2.75) is 6.92 Å². The number of ketones is 1. The molecule has 0 atom stereocenters. The van der Waals surface area contributed by atoms with E-state index in [9.17, 15) is 9.90 Å². The van der Waals surface area contributed by atoms with Gasteiger partial charge in [0.1, 0.15) is 5.75 Å². The molecule has 18 heavy (non-hydrogen) atoms. The van der Waals surface area contributed by atoms with Gasteiger partial charge in [0.2, 0.25) is 0 Å². The first-order chi connectivity index (χ1) is 8.66. The number of rotatable bonds is 3. The molecular weight excluding hydrogens is 224 g/mol. The van der Waals surface area contributed by atoms with Crippen LogP contribution in [0.15, 0.2) is 54.6 Å². The van der Waals surface area contributed by atoms with E-state index in [0.29, 0.717) is 5.56 Å². The molecule has 0 aromatic heterocycles. The smallest absolute Gasteiger partial charge is 0.189 e. The minimum atomic E-state index is -0.194.